The van der Waals surface area contributed by atoms with Gasteiger partial charge in [-0.3, -0.25) is 14.4 Å². The summed E-state index contributed by atoms with van der Waals surface area (Å²) in [6, 6.07) is 11.6. The molecule has 0 atom stereocenters. The molecule has 0 aliphatic heterocycles. The number of ether oxygens (including phenoxy) is 2. The van der Waals surface area contributed by atoms with Gasteiger partial charge in [-0.2, -0.15) is 0 Å². The zero-order valence-electron chi connectivity index (χ0n) is 16.9. The average molecular weight is 458 g/mol. The molecule has 0 bridgehead atoms. The van der Waals surface area contributed by atoms with Gasteiger partial charge in [0.1, 0.15) is 11.5 Å². The first-order chi connectivity index (χ1) is 14.0. The van der Waals surface area contributed by atoms with E-state index >= 15 is 0 Å². The first-order valence-electron chi connectivity index (χ1n) is 8.12. The smallest absolute Gasteiger partial charge is 0.545 e. The topological polar surface area (TPSA) is 170 Å². The van der Waals surface area contributed by atoms with Crippen molar-refractivity contribution in [3.05, 3.63) is 59.7 Å². The van der Waals surface area contributed by atoms with Crippen LogP contribution < -0.4 is 19.7 Å². The van der Waals surface area contributed by atoms with Gasteiger partial charge in [0.15, 0.2) is 0 Å². The van der Waals surface area contributed by atoms with Crippen molar-refractivity contribution < 1.29 is 48.8 Å². The van der Waals surface area contributed by atoms with E-state index in [2.05, 4.69) is 9.47 Å². The summed E-state index contributed by atoms with van der Waals surface area (Å²) >= 11 is 0. The molecule has 31 heavy (non-hydrogen) atoms. The van der Waals surface area contributed by atoms with Gasteiger partial charge in [0.25, 0.3) is 5.97 Å². The summed E-state index contributed by atoms with van der Waals surface area (Å²) in [7, 11) is 0. The number of aliphatic carboxylic acids is 1. The molecule has 0 saturated heterocycles. The second-order valence-corrected chi connectivity index (χ2v) is 5.27. The largest absolute Gasteiger partial charge is 2.00 e. The van der Waals surface area contributed by atoms with Gasteiger partial charge < -0.3 is 34.4 Å². The van der Waals surface area contributed by atoms with Crippen LogP contribution in [0.1, 0.15) is 41.5 Å². The Labute approximate surface area is 207 Å². The van der Waals surface area contributed by atoms with Crippen molar-refractivity contribution in [1.29, 1.82) is 0 Å². The van der Waals surface area contributed by atoms with Crippen molar-refractivity contribution in [2.24, 2.45) is 0 Å². The van der Waals surface area contributed by atoms with E-state index in [9.17, 15) is 29.4 Å². The quantitative estimate of drug-likeness (QED) is 0.363. The number of rotatable bonds is 4. The molecular weight excluding hydrogens is 440 g/mol. The monoisotopic (exact) mass is 458 g/mol. The Balaban J connectivity index is 0. The van der Waals surface area contributed by atoms with E-state index in [0.29, 0.717) is 0 Å². The van der Waals surface area contributed by atoms with Gasteiger partial charge in [0.2, 0.25) is 0 Å². The van der Waals surface area contributed by atoms with Crippen LogP contribution >= 0.6 is 0 Å². The summed E-state index contributed by atoms with van der Waals surface area (Å²) in [6.45, 7) is 3.48. The maximum Gasteiger partial charge on any atom is 2.00 e. The number of hydrogen-bond donors (Lipinski definition) is 1. The van der Waals surface area contributed by atoms with Gasteiger partial charge in [-0.05, 0) is 24.3 Å². The SMILES string of the molecule is CC(=O)O.CC(=O)Oc1ccccc1C(=O)[O-].CC(=O)Oc1ccccc1C(=O)[O-].[Ca+2]. The summed E-state index contributed by atoms with van der Waals surface area (Å²) < 4.78 is 9.29. The number of esters is 2. The first kappa shape index (κ1) is 30.2. The third-order valence-electron chi connectivity index (χ3n) is 2.72. The van der Waals surface area contributed by atoms with E-state index in [4.69, 9.17) is 9.90 Å². The molecule has 11 heteroatoms. The van der Waals surface area contributed by atoms with E-state index in [1.807, 2.05) is 0 Å². The molecule has 2 rings (SSSR count). The summed E-state index contributed by atoms with van der Waals surface area (Å²) in [4.78, 5) is 51.1. The minimum Gasteiger partial charge on any atom is -0.545 e. The van der Waals surface area contributed by atoms with Crippen molar-refractivity contribution >= 4 is 67.6 Å². The van der Waals surface area contributed by atoms with Crippen LogP contribution in [-0.2, 0) is 14.4 Å². The predicted molar refractivity (Wildman–Crippen MR) is 103 cm³/mol. The number of benzene rings is 2. The second-order valence-electron chi connectivity index (χ2n) is 5.27. The number of carbonyl (C=O) groups excluding carboxylic acids is 4. The Morgan fingerprint density at radius 2 is 0.935 bits per heavy atom. The summed E-state index contributed by atoms with van der Waals surface area (Å²) in [6.07, 6.45) is 0. The Morgan fingerprint density at radius 3 is 1.16 bits per heavy atom. The van der Waals surface area contributed by atoms with Crippen LogP contribution in [0.25, 0.3) is 0 Å². The predicted octanol–water partition coefficient (Wildman–Crippen LogP) is -0.339. The standard InChI is InChI=1S/2C9H8O4.C2H4O2.Ca/c2*1-6(10)13-8-5-3-2-4-7(8)9(11)12;1-2(3)4;/h2*2-5H,1H3,(H,11,12);1H3,(H,3,4);/q;;;+2/p-2. The molecule has 0 amide bonds. The first-order valence-corrected chi connectivity index (χ1v) is 8.12. The van der Waals surface area contributed by atoms with Gasteiger partial charge in [-0.15, -0.1) is 0 Å². The van der Waals surface area contributed by atoms with E-state index in [0.717, 1.165) is 6.92 Å². The summed E-state index contributed by atoms with van der Waals surface area (Å²) in [5, 5.41) is 28.4. The molecule has 0 fully saturated rings. The second kappa shape index (κ2) is 15.8. The molecule has 0 heterocycles. The Morgan fingerprint density at radius 1 is 0.677 bits per heavy atom. The molecule has 1 N–H and O–H groups in total. The molecule has 160 valence electrons. The molecule has 2 aromatic rings. The van der Waals surface area contributed by atoms with Crippen molar-refractivity contribution in [2.45, 2.75) is 20.8 Å². The Hall–Kier alpha value is -2.95. The number of carbonyl (C=O) groups is 5. The molecule has 0 spiro atoms. The fourth-order valence-electron chi connectivity index (χ4n) is 1.76. The van der Waals surface area contributed by atoms with Crippen LogP contribution in [-0.4, -0.2) is 72.7 Å². The molecule has 0 aliphatic rings. The molecule has 0 unspecified atom stereocenters. The summed E-state index contributed by atoms with van der Waals surface area (Å²) in [5.41, 5.74) is -0.254. The van der Waals surface area contributed by atoms with Gasteiger partial charge in [0.05, 0.1) is 11.9 Å². The molecule has 2 aromatic carbocycles. The fraction of sp³-hybridized carbons (Fsp3) is 0.150. The molecular formula is C20H18CaO10. The van der Waals surface area contributed by atoms with Crippen LogP contribution in [0, 0.1) is 0 Å². The van der Waals surface area contributed by atoms with E-state index in [1.165, 1.54) is 50.2 Å². The molecule has 0 aromatic heterocycles. The molecule has 0 radical (unpaired) electrons. The summed E-state index contributed by atoms with van der Waals surface area (Å²) in [5.74, 6) is -4.67. The molecule has 10 nitrogen and oxygen atoms in total. The maximum atomic E-state index is 10.6. The van der Waals surface area contributed by atoms with Gasteiger partial charge in [-0.1, -0.05) is 24.3 Å². The third kappa shape index (κ3) is 13.8. The van der Waals surface area contributed by atoms with Crippen molar-refractivity contribution in [3.8, 4) is 11.5 Å². The number of para-hydroxylation sites is 2. The van der Waals surface area contributed by atoms with Gasteiger partial charge in [-0.25, -0.2) is 0 Å². The van der Waals surface area contributed by atoms with Crippen LogP contribution in [0.2, 0.25) is 0 Å². The van der Waals surface area contributed by atoms with Crippen LogP contribution in [0.5, 0.6) is 11.5 Å². The van der Waals surface area contributed by atoms with Crippen LogP contribution in [0.4, 0.5) is 0 Å². The number of carboxylic acids is 3. The van der Waals surface area contributed by atoms with Crippen LogP contribution in [0.3, 0.4) is 0 Å². The molecule has 0 aliphatic carbocycles. The Bertz CT molecular complexity index is 850. The average Bonchev–Trinajstić information content (AvgIpc) is 2.61. The number of hydrogen-bond acceptors (Lipinski definition) is 9. The fourth-order valence-corrected chi connectivity index (χ4v) is 1.76. The van der Waals surface area contributed by atoms with Gasteiger partial charge in [0, 0.05) is 31.9 Å². The van der Waals surface area contributed by atoms with Crippen molar-refractivity contribution in [1.82, 2.24) is 0 Å². The molecule has 0 saturated carbocycles. The van der Waals surface area contributed by atoms with E-state index in [1.54, 1.807) is 12.1 Å². The maximum absolute atomic E-state index is 10.6. The van der Waals surface area contributed by atoms with E-state index < -0.39 is 29.8 Å². The van der Waals surface area contributed by atoms with Crippen LogP contribution in [0.15, 0.2) is 48.5 Å². The Kier molecular flexibility index (Phi) is 15.4. The van der Waals surface area contributed by atoms with E-state index in [-0.39, 0.29) is 60.4 Å². The van der Waals surface area contributed by atoms with Crippen molar-refractivity contribution in [3.63, 3.8) is 0 Å². The zero-order valence-corrected chi connectivity index (χ0v) is 19.2. The zero-order chi connectivity index (χ0) is 23.3. The number of aromatic carboxylic acids is 2. The minimum absolute atomic E-state index is 0. The number of carboxylic acid groups (broad SMARTS) is 3. The van der Waals surface area contributed by atoms with Crippen molar-refractivity contribution in [2.75, 3.05) is 0 Å². The third-order valence-corrected chi connectivity index (χ3v) is 2.72. The minimum atomic E-state index is -1.36. The normalized spacial score (nSPS) is 8.61. The van der Waals surface area contributed by atoms with Gasteiger partial charge >= 0.3 is 49.7 Å².